The second kappa shape index (κ2) is 7.09. The van der Waals surface area contributed by atoms with E-state index in [1.807, 2.05) is 5.32 Å². The van der Waals surface area contributed by atoms with Crippen molar-refractivity contribution in [2.75, 3.05) is 25.0 Å². The number of nitrogens with one attached hydrogen (secondary N) is 2. The number of carbonyl (C=O) groups is 1. The topological polar surface area (TPSA) is 50.4 Å². The predicted molar refractivity (Wildman–Crippen MR) is 65.1 cm³/mol. The summed E-state index contributed by atoms with van der Waals surface area (Å²) in [5, 5.41) is 4.30. The number of hydrogen-bond acceptors (Lipinski definition) is 3. The zero-order chi connectivity index (χ0) is 15.2. The van der Waals surface area contributed by atoms with Gasteiger partial charge in [0, 0.05) is 6.07 Å². The maximum absolute atomic E-state index is 13.0. The van der Waals surface area contributed by atoms with E-state index in [0.717, 1.165) is 12.1 Å². The Morgan fingerprint density at radius 3 is 2.65 bits per heavy atom. The summed E-state index contributed by atoms with van der Waals surface area (Å²) in [4.78, 5) is 11.4. The maximum Gasteiger partial charge on any atom is 0.401 e. The van der Waals surface area contributed by atoms with E-state index in [0.29, 0.717) is 0 Å². The Morgan fingerprint density at radius 2 is 2.05 bits per heavy atom. The first kappa shape index (κ1) is 16.2. The minimum Gasteiger partial charge on any atom is -0.492 e. The van der Waals surface area contributed by atoms with Gasteiger partial charge >= 0.3 is 6.18 Å². The second-order valence-electron chi connectivity index (χ2n) is 3.84. The first-order valence-electron chi connectivity index (χ1n) is 5.81. The lowest BCUT2D eigenvalue weighted by Gasteiger charge is -2.12. The van der Waals surface area contributed by atoms with Gasteiger partial charge in [-0.1, -0.05) is 0 Å². The molecule has 0 atom stereocenters. The molecule has 8 heteroatoms. The largest absolute Gasteiger partial charge is 0.492 e. The van der Waals surface area contributed by atoms with Crippen molar-refractivity contribution in [1.29, 1.82) is 0 Å². The van der Waals surface area contributed by atoms with E-state index in [1.165, 1.54) is 6.07 Å². The summed E-state index contributed by atoms with van der Waals surface area (Å²) < 4.78 is 53.8. The normalized spacial score (nSPS) is 11.2. The van der Waals surface area contributed by atoms with Crippen LogP contribution in [0, 0.1) is 5.82 Å². The van der Waals surface area contributed by atoms with Gasteiger partial charge in [-0.25, -0.2) is 4.39 Å². The van der Waals surface area contributed by atoms with Crippen LogP contribution in [-0.2, 0) is 4.79 Å². The number of amides is 1. The van der Waals surface area contributed by atoms with Gasteiger partial charge in [-0.3, -0.25) is 4.79 Å². The van der Waals surface area contributed by atoms with Crippen molar-refractivity contribution in [3.8, 4) is 5.75 Å². The van der Waals surface area contributed by atoms with E-state index in [1.54, 1.807) is 6.92 Å². The Bertz CT molecular complexity index is 463. The highest BCUT2D eigenvalue weighted by Gasteiger charge is 2.26. The minimum absolute atomic E-state index is 0.122. The van der Waals surface area contributed by atoms with Gasteiger partial charge in [-0.2, -0.15) is 13.2 Å². The van der Waals surface area contributed by atoms with Gasteiger partial charge in [0.2, 0.25) is 5.91 Å². The highest BCUT2D eigenvalue weighted by molar-refractivity contribution is 5.93. The molecule has 0 saturated heterocycles. The van der Waals surface area contributed by atoms with E-state index in [2.05, 4.69) is 5.32 Å². The molecule has 4 nitrogen and oxygen atoms in total. The average Bonchev–Trinajstić information content (AvgIpc) is 2.31. The van der Waals surface area contributed by atoms with Crippen molar-refractivity contribution < 1.29 is 27.1 Å². The van der Waals surface area contributed by atoms with Gasteiger partial charge in [0.25, 0.3) is 0 Å². The van der Waals surface area contributed by atoms with Crippen LogP contribution in [0.2, 0.25) is 0 Å². The standard InChI is InChI=1S/C12H14F4N2O2/c1-2-20-10-5-8(13)3-4-9(10)18-11(19)6-17-7-12(14,15)16/h3-5,17H,2,6-7H2,1H3,(H,18,19). The third-order valence-corrected chi connectivity index (χ3v) is 2.13. The van der Waals surface area contributed by atoms with Crippen LogP contribution in [0.4, 0.5) is 23.2 Å². The highest BCUT2D eigenvalue weighted by Crippen LogP contribution is 2.25. The summed E-state index contributed by atoms with van der Waals surface area (Å²) in [7, 11) is 0. The summed E-state index contributed by atoms with van der Waals surface area (Å²) >= 11 is 0. The summed E-state index contributed by atoms with van der Waals surface area (Å²) in [5.74, 6) is -1.10. The fraction of sp³-hybridized carbons (Fsp3) is 0.417. The SMILES string of the molecule is CCOc1cc(F)ccc1NC(=O)CNCC(F)(F)F. The average molecular weight is 294 g/mol. The number of benzene rings is 1. The number of ether oxygens (including phenoxy) is 1. The number of carbonyl (C=O) groups excluding carboxylic acids is 1. The summed E-state index contributed by atoms with van der Waals surface area (Å²) in [6.07, 6.45) is -4.38. The van der Waals surface area contributed by atoms with Crippen LogP contribution in [0.1, 0.15) is 6.92 Å². The van der Waals surface area contributed by atoms with Gasteiger partial charge in [-0.15, -0.1) is 0 Å². The van der Waals surface area contributed by atoms with Crippen LogP contribution in [0.5, 0.6) is 5.75 Å². The van der Waals surface area contributed by atoms with E-state index < -0.39 is 31.0 Å². The van der Waals surface area contributed by atoms with Crippen LogP contribution < -0.4 is 15.4 Å². The van der Waals surface area contributed by atoms with Gasteiger partial charge in [0.1, 0.15) is 11.6 Å². The molecule has 0 spiro atoms. The van der Waals surface area contributed by atoms with E-state index in [9.17, 15) is 22.4 Å². The van der Waals surface area contributed by atoms with E-state index in [4.69, 9.17) is 4.74 Å². The highest BCUT2D eigenvalue weighted by atomic mass is 19.4. The van der Waals surface area contributed by atoms with Crippen molar-refractivity contribution in [2.45, 2.75) is 13.1 Å². The smallest absolute Gasteiger partial charge is 0.401 e. The van der Waals surface area contributed by atoms with Crippen molar-refractivity contribution >= 4 is 11.6 Å². The molecule has 0 fully saturated rings. The first-order chi connectivity index (χ1) is 9.31. The Balaban J connectivity index is 2.57. The number of anilines is 1. The molecule has 2 N–H and O–H groups in total. The molecule has 1 amide bonds. The third kappa shape index (κ3) is 5.87. The van der Waals surface area contributed by atoms with Crippen LogP contribution in [-0.4, -0.2) is 31.8 Å². The van der Waals surface area contributed by atoms with Crippen LogP contribution in [0.3, 0.4) is 0 Å². The lowest BCUT2D eigenvalue weighted by molar-refractivity contribution is -0.126. The molecule has 1 aromatic carbocycles. The molecule has 0 bridgehead atoms. The van der Waals surface area contributed by atoms with Crippen molar-refractivity contribution in [1.82, 2.24) is 5.32 Å². The van der Waals surface area contributed by atoms with Gasteiger partial charge in [0.05, 0.1) is 25.4 Å². The molecule has 0 aliphatic carbocycles. The van der Waals surface area contributed by atoms with Gasteiger partial charge < -0.3 is 15.4 Å². The molecule has 1 rings (SSSR count). The molecular weight excluding hydrogens is 280 g/mol. The summed E-state index contributed by atoms with van der Waals surface area (Å²) in [6, 6.07) is 3.48. The molecule has 0 aromatic heterocycles. The number of hydrogen-bond donors (Lipinski definition) is 2. The molecule has 0 heterocycles. The molecule has 1 aromatic rings. The van der Waals surface area contributed by atoms with E-state index in [-0.39, 0.29) is 18.0 Å². The number of rotatable bonds is 6. The molecular formula is C12H14F4N2O2. The zero-order valence-electron chi connectivity index (χ0n) is 10.7. The lowest BCUT2D eigenvalue weighted by Crippen LogP contribution is -2.35. The van der Waals surface area contributed by atoms with Crippen LogP contribution in [0.15, 0.2) is 18.2 Å². The minimum atomic E-state index is -4.38. The number of alkyl halides is 3. The third-order valence-electron chi connectivity index (χ3n) is 2.13. The van der Waals surface area contributed by atoms with Crippen molar-refractivity contribution in [2.24, 2.45) is 0 Å². The first-order valence-corrected chi connectivity index (χ1v) is 5.81. The Hall–Kier alpha value is -1.83. The monoisotopic (exact) mass is 294 g/mol. The molecule has 112 valence electrons. The molecule has 0 radical (unpaired) electrons. The quantitative estimate of drug-likeness (QED) is 0.792. The van der Waals surface area contributed by atoms with E-state index >= 15 is 0 Å². The maximum atomic E-state index is 13.0. The van der Waals surface area contributed by atoms with Crippen molar-refractivity contribution in [3.63, 3.8) is 0 Å². The molecule has 0 unspecified atom stereocenters. The molecule has 0 aliphatic rings. The van der Waals surface area contributed by atoms with Gasteiger partial charge in [-0.05, 0) is 19.1 Å². The fourth-order valence-corrected chi connectivity index (χ4v) is 1.39. The lowest BCUT2D eigenvalue weighted by atomic mass is 10.2. The summed E-state index contributed by atoms with van der Waals surface area (Å²) in [5.41, 5.74) is 0.201. The predicted octanol–water partition coefficient (Wildman–Crippen LogP) is 2.31. The Morgan fingerprint density at radius 1 is 1.35 bits per heavy atom. The Kier molecular flexibility index (Phi) is 5.75. The van der Waals surface area contributed by atoms with Crippen molar-refractivity contribution in [3.05, 3.63) is 24.0 Å². The summed E-state index contributed by atoms with van der Waals surface area (Å²) in [6.45, 7) is 0.171. The van der Waals surface area contributed by atoms with Crippen LogP contribution in [0.25, 0.3) is 0 Å². The molecule has 0 aliphatic heterocycles. The second-order valence-corrected chi connectivity index (χ2v) is 3.84. The van der Waals surface area contributed by atoms with Crippen LogP contribution >= 0.6 is 0 Å². The Labute approximate surface area is 113 Å². The fourth-order valence-electron chi connectivity index (χ4n) is 1.39. The molecule has 0 saturated carbocycles. The zero-order valence-corrected chi connectivity index (χ0v) is 10.7. The van der Waals surface area contributed by atoms with Gasteiger partial charge in [0.15, 0.2) is 0 Å². The molecule has 20 heavy (non-hydrogen) atoms. The number of halogens is 4.